The number of nitrogens with zero attached hydrogens (tertiary/aromatic N) is 2. The molecule has 0 aromatic carbocycles. The maximum atomic E-state index is 6.12. The van der Waals surface area contributed by atoms with Crippen molar-refractivity contribution in [3.8, 4) is 0 Å². The van der Waals surface area contributed by atoms with Gasteiger partial charge in [-0.15, -0.1) is 0 Å². The van der Waals surface area contributed by atoms with Crippen LogP contribution in [0.4, 0.5) is 0 Å². The molecule has 0 amide bonds. The molecule has 0 unspecified atom stereocenters. The molecule has 0 fully saturated rings. The lowest BCUT2D eigenvalue weighted by Crippen LogP contribution is -2.35. The molecule has 0 heterocycles. The van der Waals surface area contributed by atoms with Crippen LogP contribution in [0, 0.1) is 0 Å². The van der Waals surface area contributed by atoms with Crippen molar-refractivity contribution in [2.75, 3.05) is 52.6 Å². The molecule has 0 N–H and O–H groups in total. The molecule has 0 aromatic heterocycles. The molecular formula is C52H104N2O2S2. The van der Waals surface area contributed by atoms with Gasteiger partial charge in [-0.2, -0.15) is 0 Å². The monoisotopic (exact) mass is 853 g/mol. The lowest BCUT2D eigenvalue weighted by atomic mass is 10.1. The van der Waals surface area contributed by atoms with E-state index in [1.165, 1.54) is 244 Å². The molecule has 4 nitrogen and oxygen atoms in total. The smallest absolute Gasteiger partial charge is 0.104 e. The number of hydrogen-bond donors (Lipinski definition) is 0. The standard InChI is InChI=1S/C52H104N2O2S2/c1-5-9-13-17-21-25-29-33-37-41-45-53(43-39-35-31-27-23-19-15-11-7-3)51(57)49-55-47-48-56-50-52(58)54(44-40-36-32-28-24-20-16-12-8-4)46-42-38-34-30-26-22-18-14-10-6-2/h5-50H2,1-4H3. The lowest BCUT2D eigenvalue weighted by molar-refractivity contribution is 0.0745. The Hall–Kier alpha value is -0.300. The molecule has 0 aromatic rings. The first kappa shape index (κ1) is 57.7. The zero-order chi connectivity index (χ0) is 42.3. The van der Waals surface area contributed by atoms with Crippen LogP contribution in [0.2, 0.25) is 0 Å². The van der Waals surface area contributed by atoms with Crippen LogP contribution in [-0.4, -0.2) is 72.4 Å². The topological polar surface area (TPSA) is 24.9 Å². The second-order valence-corrected chi connectivity index (χ2v) is 18.8. The van der Waals surface area contributed by atoms with Crippen LogP contribution in [0.3, 0.4) is 0 Å². The molecule has 0 spiro atoms. The second-order valence-electron chi connectivity index (χ2n) is 17.9. The van der Waals surface area contributed by atoms with Gasteiger partial charge in [-0.1, -0.05) is 270 Å². The largest absolute Gasteiger partial charge is 0.372 e. The summed E-state index contributed by atoms with van der Waals surface area (Å²) >= 11 is 12.0. The van der Waals surface area contributed by atoms with Gasteiger partial charge >= 0.3 is 0 Å². The van der Waals surface area contributed by atoms with E-state index in [4.69, 9.17) is 33.9 Å². The first-order valence-electron chi connectivity index (χ1n) is 26.3. The Labute approximate surface area is 376 Å². The Bertz CT molecular complexity index is 761. The number of hydrogen-bond acceptors (Lipinski definition) is 4. The predicted octanol–water partition coefficient (Wildman–Crippen LogP) is 17.2. The molecule has 0 aliphatic rings. The van der Waals surface area contributed by atoms with Crippen molar-refractivity contribution < 1.29 is 9.47 Å². The molecule has 0 aliphatic heterocycles. The summed E-state index contributed by atoms with van der Waals surface area (Å²) in [7, 11) is 0. The highest BCUT2D eigenvalue weighted by Gasteiger charge is 2.12. The minimum atomic E-state index is 0.530. The van der Waals surface area contributed by atoms with E-state index in [2.05, 4.69) is 37.5 Å². The minimum Gasteiger partial charge on any atom is -0.372 e. The van der Waals surface area contributed by atoms with Gasteiger partial charge in [0.2, 0.25) is 0 Å². The Balaban J connectivity index is 4.61. The van der Waals surface area contributed by atoms with E-state index < -0.39 is 0 Å². The molecule has 346 valence electrons. The normalized spacial score (nSPS) is 11.4. The van der Waals surface area contributed by atoms with Crippen LogP contribution in [0.15, 0.2) is 0 Å². The summed E-state index contributed by atoms with van der Waals surface area (Å²) in [5.41, 5.74) is 0. The first-order valence-corrected chi connectivity index (χ1v) is 27.1. The van der Waals surface area contributed by atoms with E-state index in [0.717, 1.165) is 36.2 Å². The highest BCUT2D eigenvalue weighted by molar-refractivity contribution is 7.80. The van der Waals surface area contributed by atoms with Crippen molar-refractivity contribution in [2.24, 2.45) is 0 Å². The molecule has 0 radical (unpaired) electrons. The molecule has 0 saturated carbocycles. The van der Waals surface area contributed by atoms with Gasteiger partial charge in [-0.25, -0.2) is 0 Å². The summed E-state index contributed by atoms with van der Waals surface area (Å²) < 4.78 is 12.2. The van der Waals surface area contributed by atoms with Gasteiger partial charge in [0, 0.05) is 26.2 Å². The first-order chi connectivity index (χ1) is 28.6. The third-order valence-corrected chi connectivity index (χ3v) is 12.9. The van der Waals surface area contributed by atoms with Crippen molar-refractivity contribution in [3.05, 3.63) is 0 Å². The SMILES string of the molecule is CCCCCCCCCCCCN(CCCCCCCCCCC)C(=S)COCCOCC(=S)N(CCCCCCCCCCC)CCCCCCCCCCCC. The highest BCUT2D eigenvalue weighted by atomic mass is 32.1. The van der Waals surface area contributed by atoms with E-state index in [0.29, 0.717) is 26.4 Å². The molecule has 0 rings (SSSR count). The van der Waals surface area contributed by atoms with Crippen molar-refractivity contribution in [2.45, 2.75) is 272 Å². The van der Waals surface area contributed by atoms with Crippen LogP contribution in [0.25, 0.3) is 0 Å². The zero-order valence-corrected chi connectivity index (χ0v) is 41.7. The average molecular weight is 854 g/mol. The van der Waals surface area contributed by atoms with E-state index in [-0.39, 0.29) is 0 Å². The van der Waals surface area contributed by atoms with Crippen molar-refractivity contribution in [3.63, 3.8) is 0 Å². The van der Waals surface area contributed by atoms with Gasteiger partial charge in [0.1, 0.15) is 9.98 Å². The van der Waals surface area contributed by atoms with Gasteiger partial charge in [-0.05, 0) is 25.7 Å². The maximum absolute atomic E-state index is 6.12. The van der Waals surface area contributed by atoms with Crippen LogP contribution in [0.5, 0.6) is 0 Å². The van der Waals surface area contributed by atoms with Gasteiger partial charge in [0.15, 0.2) is 0 Å². The van der Waals surface area contributed by atoms with Crippen molar-refractivity contribution in [1.82, 2.24) is 9.80 Å². The fourth-order valence-electron chi connectivity index (χ4n) is 8.15. The molecule has 58 heavy (non-hydrogen) atoms. The quantitative estimate of drug-likeness (QED) is 0.0447. The Kier molecular flexibility index (Phi) is 49.1. The van der Waals surface area contributed by atoms with E-state index in [1.807, 2.05) is 0 Å². The summed E-state index contributed by atoms with van der Waals surface area (Å²) in [5, 5.41) is 0. The third-order valence-electron chi connectivity index (χ3n) is 12.2. The molecule has 0 atom stereocenters. The third kappa shape index (κ3) is 42.4. The lowest BCUT2D eigenvalue weighted by Gasteiger charge is -2.26. The highest BCUT2D eigenvalue weighted by Crippen LogP contribution is 2.15. The average Bonchev–Trinajstić information content (AvgIpc) is 3.23. The molecule has 0 saturated heterocycles. The fourth-order valence-corrected chi connectivity index (χ4v) is 8.68. The Morgan fingerprint density at radius 2 is 0.448 bits per heavy atom. The summed E-state index contributed by atoms with van der Waals surface area (Å²) in [6, 6.07) is 0. The Morgan fingerprint density at radius 1 is 0.276 bits per heavy atom. The van der Waals surface area contributed by atoms with Crippen molar-refractivity contribution >= 4 is 34.4 Å². The zero-order valence-electron chi connectivity index (χ0n) is 40.1. The molecular weight excluding hydrogens is 749 g/mol. The Morgan fingerprint density at radius 3 is 0.638 bits per heavy atom. The fraction of sp³-hybridized carbons (Fsp3) is 0.962. The number of rotatable bonds is 49. The van der Waals surface area contributed by atoms with Gasteiger partial charge in [0.25, 0.3) is 0 Å². The summed E-state index contributed by atoms with van der Waals surface area (Å²) in [5.74, 6) is 0. The summed E-state index contributed by atoms with van der Waals surface area (Å²) in [6.07, 6.45) is 51.9. The molecule has 0 aliphatic carbocycles. The molecule has 6 heteroatoms. The predicted molar refractivity (Wildman–Crippen MR) is 268 cm³/mol. The summed E-state index contributed by atoms with van der Waals surface area (Å²) in [4.78, 5) is 6.90. The summed E-state index contributed by atoms with van der Waals surface area (Å²) in [6.45, 7) is 15.7. The van der Waals surface area contributed by atoms with Gasteiger partial charge < -0.3 is 19.3 Å². The van der Waals surface area contributed by atoms with Crippen molar-refractivity contribution in [1.29, 1.82) is 0 Å². The minimum absolute atomic E-state index is 0.530. The van der Waals surface area contributed by atoms with E-state index >= 15 is 0 Å². The molecule has 0 bridgehead atoms. The van der Waals surface area contributed by atoms with Crippen LogP contribution >= 0.6 is 24.4 Å². The van der Waals surface area contributed by atoms with E-state index in [1.54, 1.807) is 0 Å². The van der Waals surface area contributed by atoms with E-state index in [9.17, 15) is 0 Å². The van der Waals surface area contributed by atoms with Gasteiger partial charge in [0.05, 0.1) is 26.4 Å². The maximum Gasteiger partial charge on any atom is 0.104 e. The van der Waals surface area contributed by atoms with Gasteiger partial charge in [-0.3, -0.25) is 0 Å². The second kappa shape index (κ2) is 49.4. The van der Waals surface area contributed by atoms with Crippen LogP contribution in [-0.2, 0) is 9.47 Å². The number of unbranched alkanes of at least 4 members (excludes halogenated alkanes) is 34. The number of ether oxygens (including phenoxy) is 2. The number of thiocarbonyl (C=S) groups is 2. The van der Waals surface area contributed by atoms with Crippen LogP contribution in [0.1, 0.15) is 272 Å². The van der Waals surface area contributed by atoms with Crippen LogP contribution < -0.4 is 0 Å².